The van der Waals surface area contributed by atoms with Gasteiger partial charge in [-0.05, 0) is 82.5 Å². The predicted molar refractivity (Wildman–Crippen MR) is 112 cm³/mol. The minimum Gasteiger partial charge on any atom is -0.484 e. The van der Waals surface area contributed by atoms with Gasteiger partial charge in [-0.15, -0.1) is 23.5 Å². The fourth-order valence-electron chi connectivity index (χ4n) is 2.32. The summed E-state index contributed by atoms with van der Waals surface area (Å²) < 4.78 is 7.13. The van der Waals surface area contributed by atoms with Gasteiger partial charge in [0.2, 0.25) is 0 Å². The van der Waals surface area contributed by atoms with Crippen LogP contribution < -0.4 is 10.1 Å². The molecule has 0 aliphatic carbocycles. The summed E-state index contributed by atoms with van der Waals surface area (Å²) in [5.41, 5.74) is 2.09. The lowest BCUT2D eigenvalue weighted by Gasteiger charge is -2.21. The molecule has 0 unspecified atom stereocenters. The molecule has 0 bridgehead atoms. The Bertz CT molecular complexity index is 688. The summed E-state index contributed by atoms with van der Waals surface area (Å²) >= 11 is 6.19. The smallest absolute Gasteiger partial charge is 0.262 e. The van der Waals surface area contributed by atoms with Crippen molar-refractivity contribution in [1.82, 2.24) is 0 Å². The van der Waals surface area contributed by atoms with E-state index in [9.17, 15) is 4.79 Å². The number of anilines is 1. The van der Waals surface area contributed by atoms with Crippen molar-refractivity contribution in [3.63, 3.8) is 0 Å². The third-order valence-corrected chi connectivity index (χ3v) is 7.19. The van der Waals surface area contributed by atoms with Crippen molar-refractivity contribution in [2.45, 2.75) is 11.0 Å². The highest BCUT2D eigenvalue weighted by atomic mass is 127. The fourth-order valence-corrected chi connectivity index (χ4v) is 5.55. The van der Waals surface area contributed by atoms with E-state index in [2.05, 4.69) is 40.0 Å². The molecular weight excluding hydrogens is 453 g/mol. The van der Waals surface area contributed by atoms with E-state index in [1.54, 1.807) is 0 Å². The van der Waals surface area contributed by atoms with Crippen molar-refractivity contribution in [2.24, 2.45) is 0 Å². The summed E-state index contributed by atoms with van der Waals surface area (Å²) in [7, 11) is 0. The van der Waals surface area contributed by atoms with Gasteiger partial charge in [-0.3, -0.25) is 4.79 Å². The number of thioether (sulfide) groups is 2. The van der Waals surface area contributed by atoms with E-state index >= 15 is 0 Å². The first-order valence-corrected chi connectivity index (χ1v) is 10.9. The maximum absolute atomic E-state index is 12.1. The fraction of sp³-hybridized carbons (Fsp3) is 0.278. The summed E-state index contributed by atoms with van der Waals surface area (Å²) in [6.07, 6.45) is 1.28. The zero-order valence-corrected chi connectivity index (χ0v) is 16.8. The SMILES string of the molecule is O=C(COc1ccc(I)cc1)Nc1cccc(C2SCCCS2)c1. The number of hydrogen-bond donors (Lipinski definition) is 1. The molecule has 2 aromatic rings. The molecule has 0 saturated carbocycles. The van der Waals surface area contributed by atoms with Gasteiger partial charge in [0.15, 0.2) is 6.61 Å². The second-order valence-electron chi connectivity index (χ2n) is 5.34. The highest BCUT2D eigenvalue weighted by molar-refractivity contribution is 14.1. The quantitative estimate of drug-likeness (QED) is 0.611. The maximum Gasteiger partial charge on any atom is 0.262 e. The Balaban J connectivity index is 1.55. The zero-order chi connectivity index (χ0) is 16.8. The first-order valence-electron chi connectivity index (χ1n) is 7.72. The number of carbonyl (C=O) groups is 1. The largest absolute Gasteiger partial charge is 0.484 e. The van der Waals surface area contributed by atoms with E-state index < -0.39 is 0 Å². The van der Waals surface area contributed by atoms with E-state index in [0.29, 0.717) is 10.3 Å². The molecule has 6 heteroatoms. The number of nitrogens with one attached hydrogen (secondary N) is 1. The van der Waals surface area contributed by atoms with Crippen LogP contribution in [-0.4, -0.2) is 24.0 Å². The lowest BCUT2D eigenvalue weighted by molar-refractivity contribution is -0.118. The van der Waals surface area contributed by atoms with Gasteiger partial charge in [0.1, 0.15) is 5.75 Å². The number of carbonyl (C=O) groups excluding carboxylic acids is 1. The van der Waals surface area contributed by atoms with Crippen LogP contribution in [0.5, 0.6) is 5.75 Å². The first-order chi connectivity index (χ1) is 11.7. The standard InChI is InChI=1S/C18H18INO2S2/c19-14-5-7-16(8-6-14)22-12-17(21)20-15-4-1-3-13(11-15)18-23-9-2-10-24-18/h1,3-8,11,18H,2,9-10,12H2,(H,20,21). The molecule has 3 rings (SSSR count). The van der Waals surface area contributed by atoms with Crippen LogP contribution >= 0.6 is 46.1 Å². The van der Waals surface area contributed by atoms with Crippen molar-refractivity contribution >= 4 is 57.7 Å². The average Bonchev–Trinajstić information content (AvgIpc) is 2.62. The molecule has 3 nitrogen and oxygen atoms in total. The minimum atomic E-state index is -0.144. The van der Waals surface area contributed by atoms with Crippen LogP contribution in [0.3, 0.4) is 0 Å². The number of rotatable bonds is 5. The lowest BCUT2D eigenvalue weighted by atomic mass is 10.2. The number of ether oxygens (including phenoxy) is 1. The number of halogens is 1. The van der Waals surface area contributed by atoms with Gasteiger partial charge in [0.05, 0.1) is 4.58 Å². The van der Waals surface area contributed by atoms with Crippen molar-refractivity contribution in [3.05, 3.63) is 57.7 Å². The van der Waals surface area contributed by atoms with Crippen molar-refractivity contribution < 1.29 is 9.53 Å². The number of amides is 1. The van der Waals surface area contributed by atoms with Crippen molar-refractivity contribution in [2.75, 3.05) is 23.4 Å². The molecule has 1 aliphatic heterocycles. The van der Waals surface area contributed by atoms with Gasteiger partial charge in [-0.25, -0.2) is 0 Å². The molecular formula is C18H18INO2S2. The Labute approximate surface area is 164 Å². The second kappa shape index (κ2) is 9.01. The third kappa shape index (κ3) is 5.32. The van der Waals surface area contributed by atoms with Gasteiger partial charge in [0, 0.05) is 9.26 Å². The molecule has 1 N–H and O–H groups in total. The summed E-state index contributed by atoms with van der Waals surface area (Å²) in [4.78, 5) is 12.1. The molecule has 1 aliphatic rings. The normalized spacial score (nSPS) is 15.0. The molecule has 24 heavy (non-hydrogen) atoms. The Morgan fingerprint density at radius 1 is 1.17 bits per heavy atom. The van der Waals surface area contributed by atoms with E-state index in [-0.39, 0.29) is 12.5 Å². The molecule has 0 aromatic heterocycles. The molecule has 1 fully saturated rings. The van der Waals surface area contributed by atoms with E-state index in [1.165, 1.54) is 23.5 Å². The van der Waals surface area contributed by atoms with Crippen molar-refractivity contribution in [3.8, 4) is 5.75 Å². The van der Waals surface area contributed by atoms with E-state index in [1.807, 2.05) is 59.9 Å². The van der Waals surface area contributed by atoms with Crippen LogP contribution in [0.4, 0.5) is 5.69 Å². The van der Waals surface area contributed by atoms with Crippen LogP contribution in [0.2, 0.25) is 0 Å². The molecule has 0 atom stereocenters. The Hall–Kier alpha value is -0.860. The molecule has 126 valence electrons. The predicted octanol–water partition coefficient (Wildman–Crippen LogP) is 5.18. The number of hydrogen-bond acceptors (Lipinski definition) is 4. The minimum absolute atomic E-state index is 0.0117. The third-order valence-electron chi connectivity index (χ3n) is 3.45. The molecule has 2 aromatic carbocycles. The monoisotopic (exact) mass is 471 g/mol. The first kappa shape index (κ1) is 17.9. The van der Waals surface area contributed by atoms with Gasteiger partial charge in [-0.1, -0.05) is 12.1 Å². The summed E-state index contributed by atoms with van der Waals surface area (Å²) in [6.45, 7) is 0.0117. The summed E-state index contributed by atoms with van der Waals surface area (Å²) in [5, 5.41) is 2.92. The highest BCUT2D eigenvalue weighted by Gasteiger charge is 2.17. The lowest BCUT2D eigenvalue weighted by Crippen LogP contribution is -2.20. The molecule has 1 saturated heterocycles. The maximum atomic E-state index is 12.1. The Kier molecular flexibility index (Phi) is 6.74. The molecule has 1 amide bonds. The molecule has 0 radical (unpaired) electrons. The summed E-state index contributed by atoms with van der Waals surface area (Å²) in [5.74, 6) is 2.97. The van der Waals surface area contributed by atoms with E-state index in [0.717, 1.165) is 9.26 Å². The Morgan fingerprint density at radius 3 is 2.67 bits per heavy atom. The van der Waals surface area contributed by atoms with Crippen LogP contribution in [0.25, 0.3) is 0 Å². The van der Waals surface area contributed by atoms with Crippen LogP contribution in [-0.2, 0) is 4.79 Å². The second-order valence-corrected chi connectivity index (χ2v) is 9.31. The van der Waals surface area contributed by atoms with Crippen LogP contribution in [0.1, 0.15) is 16.6 Å². The Morgan fingerprint density at radius 2 is 1.92 bits per heavy atom. The van der Waals surface area contributed by atoms with Crippen LogP contribution in [0.15, 0.2) is 48.5 Å². The van der Waals surface area contributed by atoms with Gasteiger partial charge in [0.25, 0.3) is 5.91 Å². The molecule has 1 heterocycles. The highest BCUT2D eigenvalue weighted by Crippen LogP contribution is 2.44. The van der Waals surface area contributed by atoms with Gasteiger partial charge < -0.3 is 10.1 Å². The number of benzene rings is 2. The average molecular weight is 471 g/mol. The van der Waals surface area contributed by atoms with Crippen molar-refractivity contribution in [1.29, 1.82) is 0 Å². The zero-order valence-electron chi connectivity index (χ0n) is 13.0. The molecule has 0 spiro atoms. The summed E-state index contributed by atoms with van der Waals surface area (Å²) in [6, 6.07) is 15.8. The van der Waals surface area contributed by atoms with Gasteiger partial charge >= 0.3 is 0 Å². The van der Waals surface area contributed by atoms with Gasteiger partial charge in [-0.2, -0.15) is 0 Å². The van der Waals surface area contributed by atoms with Crippen LogP contribution in [0, 0.1) is 3.57 Å². The topological polar surface area (TPSA) is 38.3 Å². The van der Waals surface area contributed by atoms with E-state index in [4.69, 9.17) is 4.74 Å².